The first-order valence-corrected chi connectivity index (χ1v) is 9.88. The highest BCUT2D eigenvalue weighted by Gasteiger charge is 2.26. The zero-order valence-electron chi connectivity index (χ0n) is 16.2. The number of carbonyl (C=O) groups is 1. The van der Waals surface area contributed by atoms with E-state index in [2.05, 4.69) is 23.7 Å². The van der Waals surface area contributed by atoms with Crippen molar-refractivity contribution in [1.82, 2.24) is 14.8 Å². The van der Waals surface area contributed by atoms with Gasteiger partial charge in [0.2, 0.25) is 0 Å². The number of carbonyl (C=O) groups excluding carboxylic acids is 1. The van der Waals surface area contributed by atoms with Crippen LogP contribution in [0.15, 0.2) is 18.2 Å². The van der Waals surface area contributed by atoms with Crippen LogP contribution < -0.4 is 4.74 Å². The number of benzene rings is 1. The van der Waals surface area contributed by atoms with E-state index in [-0.39, 0.29) is 5.91 Å². The average Bonchev–Trinajstić information content (AvgIpc) is 3.02. The zero-order chi connectivity index (χ0) is 18.8. The lowest BCUT2D eigenvalue weighted by Gasteiger charge is -2.36. The number of nitrogens with zero attached hydrogens (tertiary/aromatic N) is 3. The standard InChI is InChI=1S/C20H27N3O2S/c1-13(2)22-8-10-23(11-9-22)20(24)18-15(4)21-19(26-18)17-7-6-16(25-5)12-14(17)3/h6-7,12-13H,8-11H2,1-5H3. The van der Waals surface area contributed by atoms with Crippen LogP contribution in [0.25, 0.3) is 10.6 Å². The van der Waals surface area contributed by atoms with Crippen LogP contribution in [0.2, 0.25) is 0 Å². The summed E-state index contributed by atoms with van der Waals surface area (Å²) in [5.74, 6) is 0.944. The van der Waals surface area contributed by atoms with Crippen molar-refractivity contribution in [2.45, 2.75) is 33.7 Å². The lowest BCUT2D eigenvalue weighted by atomic mass is 10.1. The molecule has 2 aromatic rings. The monoisotopic (exact) mass is 373 g/mol. The van der Waals surface area contributed by atoms with Crippen LogP contribution >= 0.6 is 11.3 Å². The Morgan fingerprint density at radius 3 is 2.46 bits per heavy atom. The van der Waals surface area contributed by atoms with E-state index < -0.39 is 0 Å². The Morgan fingerprint density at radius 2 is 1.88 bits per heavy atom. The molecule has 6 heteroatoms. The largest absolute Gasteiger partial charge is 0.497 e. The predicted octanol–water partition coefficient (Wildman–Crippen LogP) is 3.60. The molecule has 5 nitrogen and oxygen atoms in total. The maximum atomic E-state index is 13.0. The number of methoxy groups -OCH3 is 1. The number of thiazole rings is 1. The maximum Gasteiger partial charge on any atom is 0.265 e. The quantitative estimate of drug-likeness (QED) is 0.821. The molecule has 0 aliphatic carbocycles. The molecule has 0 radical (unpaired) electrons. The summed E-state index contributed by atoms with van der Waals surface area (Å²) >= 11 is 1.49. The number of hydrogen-bond donors (Lipinski definition) is 0. The van der Waals surface area contributed by atoms with E-state index in [9.17, 15) is 4.79 Å². The highest BCUT2D eigenvalue weighted by molar-refractivity contribution is 7.17. The van der Waals surface area contributed by atoms with Crippen molar-refractivity contribution >= 4 is 17.2 Å². The summed E-state index contributed by atoms with van der Waals surface area (Å²) in [6.07, 6.45) is 0. The predicted molar refractivity (Wildman–Crippen MR) is 106 cm³/mol. The second kappa shape index (κ2) is 7.76. The SMILES string of the molecule is COc1ccc(-c2nc(C)c(C(=O)N3CCN(C(C)C)CC3)s2)c(C)c1. The smallest absolute Gasteiger partial charge is 0.265 e. The first-order chi connectivity index (χ1) is 12.4. The van der Waals surface area contributed by atoms with Gasteiger partial charge in [-0.2, -0.15) is 0 Å². The minimum absolute atomic E-state index is 0.112. The molecule has 26 heavy (non-hydrogen) atoms. The molecule has 140 valence electrons. The molecular weight excluding hydrogens is 346 g/mol. The molecule has 0 atom stereocenters. The Balaban J connectivity index is 1.79. The summed E-state index contributed by atoms with van der Waals surface area (Å²) in [4.78, 5) is 22.8. The molecule has 1 aromatic carbocycles. The summed E-state index contributed by atoms with van der Waals surface area (Å²) in [7, 11) is 1.66. The number of ether oxygens (including phenoxy) is 1. The highest BCUT2D eigenvalue weighted by Crippen LogP contribution is 2.32. The Kier molecular flexibility index (Phi) is 5.63. The minimum Gasteiger partial charge on any atom is -0.497 e. The van der Waals surface area contributed by atoms with E-state index in [1.54, 1.807) is 7.11 Å². The highest BCUT2D eigenvalue weighted by atomic mass is 32.1. The van der Waals surface area contributed by atoms with Crippen molar-refractivity contribution in [3.05, 3.63) is 34.3 Å². The van der Waals surface area contributed by atoms with E-state index in [4.69, 9.17) is 4.74 Å². The van der Waals surface area contributed by atoms with Gasteiger partial charge in [0.1, 0.15) is 15.6 Å². The lowest BCUT2D eigenvalue weighted by Crippen LogP contribution is -2.50. The maximum absolute atomic E-state index is 13.0. The van der Waals surface area contributed by atoms with Crippen molar-refractivity contribution < 1.29 is 9.53 Å². The second-order valence-corrected chi connectivity index (χ2v) is 8.04. The lowest BCUT2D eigenvalue weighted by molar-refractivity contribution is 0.0599. The fourth-order valence-electron chi connectivity index (χ4n) is 3.30. The first-order valence-electron chi connectivity index (χ1n) is 9.06. The minimum atomic E-state index is 0.112. The molecule has 1 amide bonds. The topological polar surface area (TPSA) is 45.7 Å². The molecule has 3 rings (SSSR count). The number of aromatic nitrogens is 1. The van der Waals surface area contributed by atoms with E-state index in [0.29, 0.717) is 6.04 Å². The van der Waals surface area contributed by atoms with Gasteiger partial charge in [-0.3, -0.25) is 9.69 Å². The van der Waals surface area contributed by atoms with Gasteiger partial charge in [-0.15, -0.1) is 11.3 Å². The third-order valence-electron chi connectivity index (χ3n) is 4.99. The molecule has 1 aromatic heterocycles. The van der Waals surface area contributed by atoms with Gasteiger partial charge in [0.25, 0.3) is 5.91 Å². The third-order valence-corrected chi connectivity index (χ3v) is 6.17. The van der Waals surface area contributed by atoms with Crippen LogP contribution in [0.4, 0.5) is 0 Å². The van der Waals surface area contributed by atoms with Crippen molar-refractivity contribution in [2.75, 3.05) is 33.3 Å². The number of rotatable bonds is 4. The molecule has 0 saturated carbocycles. The van der Waals surface area contributed by atoms with Crippen molar-refractivity contribution in [1.29, 1.82) is 0 Å². The Morgan fingerprint density at radius 1 is 1.19 bits per heavy atom. The van der Waals surface area contributed by atoms with Crippen molar-refractivity contribution in [2.24, 2.45) is 0 Å². The van der Waals surface area contributed by atoms with Gasteiger partial charge in [0, 0.05) is 37.8 Å². The van der Waals surface area contributed by atoms with Crippen LogP contribution in [0.3, 0.4) is 0 Å². The Labute approximate surface area is 159 Å². The van der Waals surface area contributed by atoms with Gasteiger partial charge in [-0.1, -0.05) is 0 Å². The van der Waals surface area contributed by atoms with Gasteiger partial charge in [-0.05, 0) is 51.5 Å². The van der Waals surface area contributed by atoms with Crippen molar-refractivity contribution in [3.63, 3.8) is 0 Å². The normalized spacial score (nSPS) is 15.5. The fraction of sp³-hybridized carbons (Fsp3) is 0.500. The second-order valence-electron chi connectivity index (χ2n) is 7.04. The molecule has 0 bridgehead atoms. The van der Waals surface area contributed by atoms with E-state index in [0.717, 1.165) is 58.6 Å². The molecule has 2 heterocycles. The molecule has 0 unspecified atom stereocenters. The number of aryl methyl sites for hydroxylation is 2. The van der Waals surface area contributed by atoms with Gasteiger partial charge in [0.05, 0.1) is 12.8 Å². The van der Waals surface area contributed by atoms with E-state index in [1.165, 1.54) is 11.3 Å². The summed E-state index contributed by atoms with van der Waals surface area (Å²) in [6.45, 7) is 11.8. The van der Waals surface area contributed by atoms with Gasteiger partial charge in [-0.25, -0.2) is 4.98 Å². The summed E-state index contributed by atoms with van der Waals surface area (Å²) in [6, 6.07) is 6.48. The molecule has 0 N–H and O–H groups in total. The van der Waals surface area contributed by atoms with Crippen LogP contribution in [0, 0.1) is 13.8 Å². The van der Waals surface area contributed by atoms with Crippen LogP contribution in [-0.2, 0) is 0 Å². The first kappa shape index (κ1) is 18.9. The third kappa shape index (κ3) is 3.76. The Hall–Kier alpha value is -1.92. The number of piperazine rings is 1. The Bertz CT molecular complexity index is 792. The van der Waals surface area contributed by atoms with E-state index in [1.807, 2.05) is 36.9 Å². The molecule has 1 fully saturated rings. The van der Waals surface area contributed by atoms with Gasteiger partial charge < -0.3 is 9.64 Å². The van der Waals surface area contributed by atoms with Crippen molar-refractivity contribution in [3.8, 4) is 16.3 Å². The van der Waals surface area contributed by atoms with Crippen LogP contribution in [-0.4, -0.2) is 60.0 Å². The van der Waals surface area contributed by atoms with E-state index >= 15 is 0 Å². The number of amides is 1. The fourth-order valence-corrected chi connectivity index (χ4v) is 4.42. The summed E-state index contributed by atoms with van der Waals surface area (Å²) in [5, 5.41) is 0.895. The average molecular weight is 374 g/mol. The molecule has 0 spiro atoms. The molecule has 1 aliphatic rings. The summed E-state index contributed by atoms with van der Waals surface area (Å²) in [5.41, 5.74) is 2.97. The van der Waals surface area contributed by atoms with Gasteiger partial charge >= 0.3 is 0 Å². The summed E-state index contributed by atoms with van der Waals surface area (Å²) < 4.78 is 5.28. The van der Waals surface area contributed by atoms with Crippen LogP contribution in [0.5, 0.6) is 5.75 Å². The van der Waals surface area contributed by atoms with Crippen LogP contribution in [0.1, 0.15) is 34.8 Å². The molecular formula is C20H27N3O2S. The zero-order valence-corrected chi connectivity index (χ0v) is 17.0. The van der Waals surface area contributed by atoms with Gasteiger partial charge in [0.15, 0.2) is 0 Å². The number of hydrogen-bond acceptors (Lipinski definition) is 5. The molecule has 1 saturated heterocycles. The molecule has 1 aliphatic heterocycles.